The van der Waals surface area contributed by atoms with E-state index in [0.29, 0.717) is 0 Å². The summed E-state index contributed by atoms with van der Waals surface area (Å²) in [5, 5.41) is 0. The van der Waals surface area contributed by atoms with Gasteiger partial charge in [0.2, 0.25) is 8.40 Å². The van der Waals surface area contributed by atoms with E-state index in [1.807, 2.05) is 14.1 Å². The van der Waals surface area contributed by atoms with E-state index in [0.717, 1.165) is 0 Å². The van der Waals surface area contributed by atoms with Crippen LogP contribution >= 0.6 is 0 Å². The highest BCUT2D eigenvalue weighted by molar-refractivity contribution is 6.79. The van der Waals surface area contributed by atoms with E-state index in [-0.39, 0.29) is 0 Å². The molecule has 0 fully saturated rings. The molecule has 0 heterocycles. The number of rotatable bonds is 5. The summed E-state index contributed by atoms with van der Waals surface area (Å²) in [6, 6.07) is 1.21. The van der Waals surface area contributed by atoms with Crippen LogP contribution < -0.4 is 9.96 Å². The lowest BCUT2D eigenvalue weighted by Crippen LogP contribution is -2.58. The van der Waals surface area contributed by atoms with Crippen LogP contribution in [0.5, 0.6) is 0 Å². The zero-order valence-electron chi connectivity index (χ0n) is 7.20. The van der Waals surface area contributed by atoms with Gasteiger partial charge in [0.15, 0.2) is 0 Å². The first-order chi connectivity index (χ1) is 4.74. The van der Waals surface area contributed by atoms with Crippen LogP contribution in [0, 0.1) is 0 Å². The van der Waals surface area contributed by atoms with Gasteiger partial charge in [0.05, 0.1) is 0 Å². The van der Waals surface area contributed by atoms with E-state index in [9.17, 15) is 0 Å². The van der Waals surface area contributed by atoms with Crippen molar-refractivity contribution in [3.8, 4) is 0 Å². The molecule has 0 radical (unpaired) electrons. The predicted molar refractivity (Wildman–Crippen MR) is 49.2 cm³/mol. The summed E-state index contributed by atoms with van der Waals surface area (Å²) in [6.07, 6.45) is 1.21. The van der Waals surface area contributed by atoms with E-state index in [2.05, 4.69) is 29.2 Å². The fraction of sp³-hybridized carbons (Fsp3) is 0.714. The highest BCUT2D eigenvalue weighted by Gasteiger charge is 2.24. The van der Waals surface area contributed by atoms with Crippen LogP contribution in [-0.2, 0) is 0 Å². The average Bonchev–Trinajstić information content (AvgIpc) is 2.01. The molecule has 0 aromatic heterocycles. The zero-order valence-corrected chi connectivity index (χ0v) is 8.20. The maximum atomic E-state index is 3.83. The minimum atomic E-state index is -1.45. The van der Waals surface area contributed by atoms with Gasteiger partial charge in [0.1, 0.15) is 0 Å². The van der Waals surface area contributed by atoms with Crippen LogP contribution in [0.15, 0.2) is 12.3 Å². The van der Waals surface area contributed by atoms with E-state index in [4.69, 9.17) is 0 Å². The molecule has 0 saturated heterocycles. The molecule has 0 aliphatic carbocycles. The zero-order chi connectivity index (χ0) is 8.04. The van der Waals surface area contributed by atoms with Crippen molar-refractivity contribution in [2.45, 2.75) is 19.4 Å². The molecule has 3 heteroatoms. The van der Waals surface area contributed by atoms with Crippen LogP contribution in [0.1, 0.15) is 13.3 Å². The minimum Gasteiger partial charge on any atom is -0.325 e. The van der Waals surface area contributed by atoms with E-state index in [1.54, 1.807) is 0 Å². The van der Waals surface area contributed by atoms with E-state index < -0.39 is 8.40 Å². The summed E-state index contributed by atoms with van der Waals surface area (Å²) in [7, 11) is 2.55. The fourth-order valence-electron chi connectivity index (χ4n) is 1.08. The van der Waals surface area contributed by atoms with Crippen molar-refractivity contribution in [1.82, 2.24) is 9.96 Å². The summed E-state index contributed by atoms with van der Waals surface area (Å²) in [5.41, 5.74) is 2.05. The van der Waals surface area contributed by atoms with Gasteiger partial charge in [-0.05, 0) is 20.1 Å². The fourth-order valence-corrected chi connectivity index (χ4v) is 3.23. The largest absolute Gasteiger partial charge is 0.325 e. The molecule has 0 saturated carbocycles. The lowest BCUT2D eigenvalue weighted by molar-refractivity contribution is 0.938. The Bertz CT molecular complexity index is 99.8. The Morgan fingerprint density at radius 3 is 2.00 bits per heavy atom. The molecule has 0 unspecified atom stereocenters. The van der Waals surface area contributed by atoms with Gasteiger partial charge in [-0.1, -0.05) is 19.0 Å². The lowest BCUT2D eigenvalue weighted by Gasteiger charge is -2.25. The van der Waals surface area contributed by atoms with Crippen LogP contribution in [0.2, 0.25) is 6.04 Å². The predicted octanol–water partition coefficient (Wildman–Crippen LogP) is 1.00. The normalized spacial score (nSPS) is 11.5. The van der Waals surface area contributed by atoms with Gasteiger partial charge in [0, 0.05) is 0 Å². The first-order valence-corrected chi connectivity index (χ1v) is 6.04. The second kappa shape index (κ2) is 4.66. The number of hydrogen-bond acceptors (Lipinski definition) is 2. The lowest BCUT2D eigenvalue weighted by atomic mass is 10.6. The molecule has 0 aliphatic rings. The Morgan fingerprint density at radius 1 is 1.40 bits per heavy atom. The highest BCUT2D eigenvalue weighted by Crippen LogP contribution is 2.04. The van der Waals surface area contributed by atoms with Gasteiger partial charge in [-0.3, -0.25) is 0 Å². The maximum absolute atomic E-state index is 3.83. The first kappa shape index (κ1) is 9.88. The van der Waals surface area contributed by atoms with Crippen molar-refractivity contribution >= 4 is 8.40 Å². The van der Waals surface area contributed by atoms with Crippen molar-refractivity contribution in [1.29, 1.82) is 0 Å². The van der Waals surface area contributed by atoms with Crippen molar-refractivity contribution < 1.29 is 0 Å². The molecular weight excluding hydrogens is 140 g/mol. The van der Waals surface area contributed by atoms with E-state index in [1.165, 1.54) is 12.5 Å². The van der Waals surface area contributed by atoms with Gasteiger partial charge in [-0.25, -0.2) is 0 Å². The summed E-state index contributed by atoms with van der Waals surface area (Å²) in [6.45, 7) is 6.02. The van der Waals surface area contributed by atoms with Crippen LogP contribution in [-0.4, -0.2) is 22.5 Å². The Balaban J connectivity index is 4.00. The average molecular weight is 158 g/mol. The summed E-state index contributed by atoms with van der Waals surface area (Å²) >= 11 is 0. The van der Waals surface area contributed by atoms with Gasteiger partial charge in [-0.2, -0.15) is 0 Å². The van der Waals surface area contributed by atoms with Crippen molar-refractivity contribution in [3.05, 3.63) is 12.3 Å². The molecule has 0 bridgehead atoms. The molecule has 0 amide bonds. The molecule has 10 heavy (non-hydrogen) atoms. The molecular formula is C7H18N2Si. The van der Waals surface area contributed by atoms with E-state index >= 15 is 0 Å². The van der Waals surface area contributed by atoms with Crippen molar-refractivity contribution in [3.63, 3.8) is 0 Å². The maximum Gasteiger partial charge on any atom is 0.225 e. The quantitative estimate of drug-likeness (QED) is 0.583. The summed E-state index contributed by atoms with van der Waals surface area (Å²) < 4.78 is 0. The Hall–Kier alpha value is -0.123. The van der Waals surface area contributed by atoms with Crippen LogP contribution in [0.25, 0.3) is 0 Å². The molecule has 0 atom stereocenters. The molecule has 2 N–H and O–H groups in total. The second-order valence-corrected chi connectivity index (χ2v) is 6.28. The first-order valence-electron chi connectivity index (χ1n) is 3.76. The summed E-state index contributed by atoms with van der Waals surface area (Å²) in [4.78, 5) is 6.65. The third-order valence-electron chi connectivity index (χ3n) is 1.89. The third-order valence-corrected chi connectivity index (χ3v) is 5.66. The molecule has 0 spiro atoms. The summed E-state index contributed by atoms with van der Waals surface area (Å²) in [5.74, 6) is 0. The smallest absolute Gasteiger partial charge is 0.225 e. The highest BCUT2D eigenvalue weighted by atomic mass is 28.3. The SMILES string of the molecule is C=C[Si](CCC)(NC)NC. The third kappa shape index (κ3) is 2.25. The topological polar surface area (TPSA) is 24.1 Å². The number of hydrogen-bond donors (Lipinski definition) is 2. The Kier molecular flexibility index (Phi) is 4.60. The Labute approximate surface area is 64.9 Å². The minimum absolute atomic E-state index is 1.21. The van der Waals surface area contributed by atoms with Crippen LogP contribution in [0.3, 0.4) is 0 Å². The van der Waals surface area contributed by atoms with Crippen LogP contribution in [0.4, 0.5) is 0 Å². The van der Waals surface area contributed by atoms with Crippen molar-refractivity contribution in [2.24, 2.45) is 0 Å². The van der Waals surface area contributed by atoms with Gasteiger partial charge >= 0.3 is 0 Å². The van der Waals surface area contributed by atoms with Crippen molar-refractivity contribution in [2.75, 3.05) is 14.1 Å². The molecule has 0 aromatic carbocycles. The molecule has 0 rings (SSSR count). The number of nitrogens with one attached hydrogen (secondary N) is 2. The van der Waals surface area contributed by atoms with Gasteiger partial charge in [0.25, 0.3) is 0 Å². The van der Waals surface area contributed by atoms with Gasteiger partial charge in [-0.15, -0.1) is 6.58 Å². The standard InChI is InChI=1S/C7H18N2Si/c1-5-7-10(6-2,8-3)9-4/h6,8-9H,2,5,7H2,1,3-4H3. The molecule has 0 aliphatic heterocycles. The Morgan fingerprint density at radius 2 is 1.90 bits per heavy atom. The molecule has 60 valence electrons. The molecule has 0 aromatic rings. The monoisotopic (exact) mass is 158 g/mol. The second-order valence-electron chi connectivity index (χ2n) is 2.43. The molecule has 2 nitrogen and oxygen atoms in total. The van der Waals surface area contributed by atoms with Gasteiger partial charge < -0.3 is 9.96 Å².